The molecule has 0 amide bonds. The van der Waals surface area contributed by atoms with Crippen molar-refractivity contribution < 1.29 is 13.5 Å². The summed E-state index contributed by atoms with van der Waals surface area (Å²) >= 11 is 0. The Labute approximate surface area is 172 Å². The lowest BCUT2D eigenvalue weighted by molar-refractivity contribution is -0.0295. The molecule has 1 aromatic rings. The Balaban J connectivity index is 1.56. The molecule has 1 saturated heterocycles. The van der Waals surface area contributed by atoms with Gasteiger partial charge in [-0.25, -0.2) is 8.78 Å². The zero-order valence-corrected chi connectivity index (χ0v) is 18.3. The first-order chi connectivity index (χ1) is 13.7. The molecule has 29 heavy (non-hydrogen) atoms. The minimum atomic E-state index is -2.67. The van der Waals surface area contributed by atoms with Crippen molar-refractivity contribution >= 4 is 0 Å². The maximum Gasteiger partial charge on any atom is 0.272 e. The van der Waals surface area contributed by atoms with Crippen LogP contribution in [0, 0.1) is 5.41 Å². The largest absolute Gasteiger partial charge is 0.374 e. The Morgan fingerprint density at radius 3 is 2.55 bits per heavy atom. The zero-order chi connectivity index (χ0) is 20.9. The predicted octanol–water partition coefficient (Wildman–Crippen LogP) is 3.27. The standard InChI is InChI=1S/C22H36F2N4O/c1-20(2)12-21(29-14-20)7-5-15(6-8-21)19-17(9-16(26-4)11-25-3)27-28-13-22(23,24)10-18(19)28/h15-16,25-26H,5-14H2,1-4H3. The van der Waals surface area contributed by atoms with Crippen molar-refractivity contribution in [1.29, 1.82) is 0 Å². The highest BCUT2D eigenvalue weighted by molar-refractivity contribution is 5.35. The molecule has 3 aliphatic rings. The molecule has 1 saturated carbocycles. The van der Waals surface area contributed by atoms with E-state index in [-0.39, 0.29) is 30.0 Å². The molecule has 1 aromatic heterocycles. The van der Waals surface area contributed by atoms with Crippen LogP contribution < -0.4 is 10.6 Å². The molecule has 0 aromatic carbocycles. The van der Waals surface area contributed by atoms with Crippen molar-refractivity contribution in [2.24, 2.45) is 5.41 Å². The summed E-state index contributed by atoms with van der Waals surface area (Å²) in [6.07, 6.45) is 5.75. The minimum absolute atomic E-state index is 0.0000772. The Hall–Kier alpha value is -1.05. The van der Waals surface area contributed by atoms with Crippen LogP contribution in [0.4, 0.5) is 8.78 Å². The molecule has 4 rings (SSSR count). The Morgan fingerprint density at radius 1 is 1.24 bits per heavy atom. The zero-order valence-electron chi connectivity index (χ0n) is 18.3. The van der Waals surface area contributed by atoms with Crippen molar-refractivity contribution in [1.82, 2.24) is 20.4 Å². The van der Waals surface area contributed by atoms with Crippen LogP contribution in [0.5, 0.6) is 0 Å². The second-order valence-electron chi connectivity index (χ2n) is 10.3. The number of alkyl halides is 2. The van der Waals surface area contributed by atoms with Crippen LogP contribution in [0.25, 0.3) is 0 Å². The average Bonchev–Trinajstić information content (AvgIpc) is 3.22. The highest BCUT2D eigenvalue weighted by Crippen LogP contribution is 2.51. The number of hydrogen-bond acceptors (Lipinski definition) is 4. The van der Waals surface area contributed by atoms with Crippen molar-refractivity contribution in [3.63, 3.8) is 0 Å². The van der Waals surface area contributed by atoms with Crippen LogP contribution in [0.15, 0.2) is 0 Å². The van der Waals surface area contributed by atoms with Gasteiger partial charge in [-0.05, 0) is 63.1 Å². The first-order valence-corrected chi connectivity index (χ1v) is 11.1. The third-order valence-corrected chi connectivity index (χ3v) is 7.16. The second kappa shape index (κ2) is 7.57. The predicted molar refractivity (Wildman–Crippen MR) is 110 cm³/mol. The van der Waals surface area contributed by atoms with E-state index in [0.29, 0.717) is 5.92 Å². The van der Waals surface area contributed by atoms with Gasteiger partial charge in [0.1, 0.15) is 6.54 Å². The number of fused-ring (bicyclic) bond motifs is 1. The van der Waals surface area contributed by atoms with Crippen molar-refractivity contribution in [2.75, 3.05) is 27.2 Å². The molecule has 2 fully saturated rings. The van der Waals surface area contributed by atoms with E-state index in [2.05, 4.69) is 29.6 Å². The van der Waals surface area contributed by atoms with E-state index in [4.69, 9.17) is 4.74 Å². The van der Waals surface area contributed by atoms with Crippen LogP contribution in [-0.2, 0) is 24.1 Å². The van der Waals surface area contributed by atoms with Crippen LogP contribution in [0.3, 0.4) is 0 Å². The van der Waals surface area contributed by atoms with Gasteiger partial charge < -0.3 is 15.4 Å². The fourth-order valence-electron chi connectivity index (χ4n) is 5.86. The Kier molecular flexibility index (Phi) is 5.53. The molecule has 2 N–H and O–H groups in total. The normalized spacial score (nSPS) is 31.3. The van der Waals surface area contributed by atoms with Crippen LogP contribution in [-0.4, -0.2) is 54.6 Å². The third-order valence-electron chi connectivity index (χ3n) is 7.16. The average molecular weight is 411 g/mol. The molecular weight excluding hydrogens is 374 g/mol. The van der Waals surface area contributed by atoms with Gasteiger partial charge in [0.15, 0.2) is 0 Å². The van der Waals surface area contributed by atoms with E-state index in [9.17, 15) is 8.78 Å². The number of likely N-dealkylation sites (N-methyl/N-ethyl adjacent to an activating group) is 2. The van der Waals surface area contributed by atoms with E-state index in [1.165, 1.54) is 0 Å². The second-order valence-corrected chi connectivity index (χ2v) is 10.3. The van der Waals surface area contributed by atoms with Crippen LogP contribution in [0.2, 0.25) is 0 Å². The SMILES string of the molecule is CNCC(Cc1nn2c(c1C1CCC3(CC1)CC(C)(C)CO3)CC(F)(F)C2)NC. The van der Waals surface area contributed by atoms with E-state index >= 15 is 0 Å². The van der Waals surface area contributed by atoms with Crippen LogP contribution in [0.1, 0.15) is 68.8 Å². The number of rotatable bonds is 6. The van der Waals surface area contributed by atoms with Gasteiger partial charge in [0.25, 0.3) is 5.92 Å². The fraction of sp³-hybridized carbons (Fsp3) is 0.864. The Bertz CT molecular complexity index is 737. The molecule has 7 heteroatoms. The Morgan fingerprint density at radius 2 is 1.97 bits per heavy atom. The lowest BCUT2D eigenvalue weighted by Crippen LogP contribution is -2.37. The van der Waals surface area contributed by atoms with Crippen molar-refractivity contribution in [3.05, 3.63) is 17.0 Å². The lowest BCUT2D eigenvalue weighted by atomic mass is 9.71. The highest BCUT2D eigenvalue weighted by atomic mass is 19.3. The smallest absolute Gasteiger partial charge is 0.272 e. The summed E-state index contributed by atoms with van der Waals surface area (Å²) in [7, 11) is 3.88. The molecule has 5 nitrogen and oxygen atoms in total. The van der Waals surface area contributed by atoms with Gasteiger partial charge in [0.2, 0.25) is 0 Å². The number of nitrogens with one attached hydrogen (secondary N) is 2. The van der Waals surface area contributed by atoms with Gasteiger partial charge in [-0.3, -0.25) is 4.68 Å². The van der Waals surface area contributed by atoms with E-state index in [1.54, 1.807) is 4.68 Å². The number of aromatic nitrogens is 2. The van der Waals surface area contributed by atoms with Gasteiger partial charge in [0, 0.05) is 24.7 Å². The van der Waals surface area contributed by atoms with Crippen molar-refractivity contribution in [3.8, 4) is 0 Å². The number of nitrogens with zero attached hydrogens (tertiary/aromatic N) is 2. The molecule has 164 valence electrons. The number of hydrogen-bond donors (Lipinski definition) is 2. The molecule has 1 aliphatic carbocycles. The fourth-order valence-corrected chi connectivity index (χ4v) is 5.86. The molecule has 2 aliphatic heterocycles. The molecule has 1 unspecified atom stereocenters. The maximum absolute atomic E-state index is 14.1. The summed E-state index contributed by atoms with van der Waals surface area (Å²) in [5.74, 6) is -2.36. The lowest BCUT2D eigenvalue weighted by Gasteiger charge is -2.37. The third kappa shape index (κ3) is 4.23. The van der Waals surface area contributed by atoms with Gasteiger partial charge in [-0.2, -0.15) is 5.10 Å². The minimum Gasteiger partial charge on any atom is -0.374 e. The molecule has 0 bridgehead atoms. The highest BCUT2D eigenvalue weighted by Gasteiger charge is 2.48. The van der Waals surface area contributed by atoms with Crippen molar-refractivity contribution in [2.45, 2.75) is 88.8 Å². The molecule has 0 radical (unpaired) electrons. The van der Waals surface area contributed by atoms with Gasteiger partial charge in [-0.1, -0.05) is 13.8 Å². The summed E-state index contributed by atoms with van der Waals surface area (Å²) in [4.78, 5) is 0. The topological polar surface area (TPSA) is 51.1 Å². The number of halogens is 2. The summed E-state index contributed by atoms with van der Waals surface area (Å²) in [5, 5.41) is 11.2. The summed E-state index contributed by atoms with van der Waals surface area (Å²) in [6, 6.07) is 0.240. The van der Waals surface area contributed by atoms with E-state index < -0.39 is 5.92 Å². The molecule has 1 atom stereocenters. The van der Waals surface area contributed by atoms with Crippen LogP contribution >= 0.6 is 0 Å². The summed E-state index contributed by atoms with van der Waals surface area (Å²) in [6.45, 7) is 5.92. The van der Waals surface area contributed by atoms with Gasteiger partial charge in [0.05, 0.1) is 24.3 Å². The quantitative estimate of drug-likeness (QED) is 0.756. The molecule has 3 heterocycles. The monoisotopic (exact) mass is 410 g/mol. The van der Waals surface area contributed by atoms with E-state index in [1.807, 2.05) is 14.1 Å². The van der Waals surface area contributed by atoms with E-state index in [0.717, 1.165) is 68.6 Å². The first kappa shape index (κ1) is 21.2. The maximum atomic E-state index is 14.1. The summed E-state index contributed by atoms with van der Waals surface area (Å²) in [5.41, 5.74) is 3.15. The number of ether oxygens (including phenoxy) is 1. The molecule has 1 spiro atoms. The van der Waals surface area contributed by atoms with Gasteiger partial charge in [-0.15, -0.1) is 0 Å². The van der Waals surface area contributed by atoms with Gasteiger partial charge >= 0.3 is 0 Å². The first-order valence-electron chi connectivity index (χ1n) is 11.1. The molecular formula is C22H36F2N4O. The summed E-state index contributed by atoms with van der Waals surface area (Å²) < 4.78 is 36.1.